The zero-order valence-corrected chi connectivity index (χ0v) is 5.22. The average molecular weight is 132 g/mol. The first-order valence-electron chi connectivity index (χ1n) is 2.84. The molecule has 0 bridgehead atoms. The van der Waals surface area contributed by atoms with Crippen LogP contribution in [0.25, 0.3) is 0 Å². The van der Waals surface area contributed by atoms with Crippen LogP contribution in [0.1, 0.15) is 0 Å². The van der Waals surface area contributed by atoms with Gasteiger partial charge in [0.05, 0.1) is 13.1 Å². The van der Waals surface area contributed by atoms with Gasteiger partial charge < -0.3 is 10.2 Å². The molecule has 0 aromatic rings. The van der Waals surface area contributed by atoms with Crippen LogP contribution in [0.4, 0.5) is 9.18 Å². The smallest absolute Gasteiger partial charge is 0.317 e. The SMILES string of the molecule is CNC(=O)N1CC(F)C1. The number of halogens is 1. The van der Waals surface area contributed by atoms with Crippen LogP contribution in [0.3, 0.4) is 0 Å². The van der Waals surface area contributed by atoms with E-state index in [1.165, 1.54) is 11.9 Å². The van der Waals surface area contributed by atoms with Crippen LogP contribution in [0.5, 0.6) is 0 Å². The molecule has 0 atom stereocenters. The lowest BCUT2D eigenvalue weighted by atomic mass is 10.2. The van der Waals surface area contributed by atoms with Crippen molar-refractivity contribution in [3.05, 3.63) is 0 Å². The predicted octanol–water partition coefficient (Wildman–Crippen LogP) is -0.0205. The summed E-state index contributed by atoms with van der Waals surface area (Å²) < 4.78 is 12.0. The number of likely N-dealkylation sites (tertiary alicyclic amines) is 1. The Morgan fingerprint density at radius 3 is 2.67 bits per heavy atom. The normalized spacial score (nSPS) is 19.1. The number of alkyl halides is 1. The summed E-state index contributed by atoms with van der Waals surface area (Å²) in [4.78, 5) is 12.0. The molecule has 0 aliphatic carbocycles. The lowest BCUT2D eigenvalue weighted by Gasteiger charge is -2.33. The molecule has 0 radical (unpaired) electrons. The third-order valence-corrected chi connectivity index (χ3v) is 1.34. The second-order valence-corrected chi connectivity index (χ2v) is 2.06. The van der Waals surface area contributed by atoms with Gasteiger partial charge in [0.2, 0.25) is 0 Å². The fourth-order valence-corrected chi connectivity index (χ4v) is 0.749. The van der Waals surface area contributed by atoms with Gasteiger partial charge in [-0.1, -0.05) is 0 Å². The quantitative estimate of drug-likeness (QED) is 0.493. The van der Waals surface area contributed by atoms with E-state index < -0.39 is 6.17 Å². The van der Waals surface area contributed by atoms with Crippen LogP contribution in [0.15, 0.2) is 0 Å². The van der Waals surface area contributed by atoms with Crippen LogP contribution in [0, 0.1) is 0 Å². The molecule has 3 nitrogen and oxygen atoms in total. The molecule has 0 spiro atoms. The van der Waals surface area contributed by atoms with Crippen LogP contribution < -0.4 is 5.32 Å². The molecular weight excluding hydrogens is 123 g/mol. The summed E-state index contributed by atoms with van der Waals surface area (Å²) in [6.07, 6.45) is -0.803. The zero-order valence-electron chi connectivity index (χ0n) is 5.22. The van der Waals surface area contributed by atoms with Gasteiger partial charge in [-0.3, -0.25) is 0 Å². The minimum atomic E-state index is -0.803. The van der Waals surface area contributed by atoms with Gasteiger partial charge in [0.1, 0.15) is 6.17 Å². The van der Waals surface area contributed by atoms with Crippen LogP contribution in [0.2, 0.25) is 0 Å². The maximum Gasteiger partial charge on any atom is 0.317 e. The molecule has 52 valence electrons. The summed E-state index contributed by atoms with van der Waals surface area (Å²) in [5.41, 5.74) is 0. The van der Waals surface area contributed by atoms with Gasteiger partial charge >= 0.3 is 6.03 Å². The summed E-state index contributed by atoms with van der Waals surface area (Å²) in [5, 5.41) is 2.41. The van der Waals surface area contributed by atoms with Crippen LogP contribution in [-0.4, -0.2) is 37.2 Å². The molecule has 0 aromatic heterocycles. The van der Waals surface area contributed by atoms with E-state index in [0.29, 0.717) is 0 Å². The molecule has 1 fully saturated rings. The van der Waals surface area contributed by atoms with Gasteiger partial charge in [-0.25, -0.2) is 9.18 Å². The number of nitrogens with zero attached hydrogens (tertiary/aromatic N) is 1. The molecular formula is C5H9FN2O. The fraction of sp³-hybridized carbons (Fsp3) is 0.800. The molecule has 0 saturated carbocycles. The molecule has 2 amide bonds. The monoisotopic (exact) mass is 132 g/mol. The van der Waals surface area contributed by atoms with E-state index in [4.69, 9.17) is 0 Å². The van der Waals surface area contributed by atoms with E-state index in [0.717, 1.165) is 0 Å². The molecule has 1 aliphatic heterocycles. The Labute approximate surface area is 52.8 Å². The van der Waals surface area contributed by atoms with Gasteiger partial charge in [0.25, 0.3) is 0 Å². The topological polar surface area (TPSA) is 32.3 Å². The largest absolute Gasteiger partial charge is 0.341 e. The minimum Gasteiger partial charge on any atom is -0.341 e. The number of nitrogens with one attached hydrogen (secondary N) is 1. The molecule has 9 heavy (non-hydrogen) atoms. The Hall–Kier alpha value is -0.800. The summed E-state index contributed by atoms with van der Waals surface area (Å²) in [6.45, 7) is 0.499. The molecule has 1 N–H and O–H groups in total. The number of hydrogen-bond acceptors (Lipinski definition) is 1. The summed E-state index contributed by atoms with van der Waals surface area (Å²) >= 11 is 0. The van der Waals surface area contributed by atoms with E-state index in [-0.39, 0.29) is 19.1 Å². The van der Waals surface area contributed by atoms with Crippen molar-refractivity contribution in [2.24, 2.45) is 0 Å². The van der Waals surface area contributed by atoms with E-state index in [1.54, 1.807) is 0 Å². The summed E-state index contributed by atoms with van der Waals surface area (Å²) in [6, 6.07) is -0.191. The van der Waals surface area contributed by atoms with Crippen LogP contribution in [-0.2, 0) is 0 Å². The van der Waals surface area contributed by atoms with Gasteiger partial charge in [0.15, 0.2) is 0 Å². The molecule has 1 rings (SSSR count). The molecule has 4 heteroatoms. The Balaban J connectivity index is 2.23. The lowest BCUT2D eigenvalue weighted by molar-refractivity contribution is 0.0910. The molecule has 0 aromatic carbocycles. The maximum absolute atomic E-state index is 12.0. The second-order valence-electron chi connectivity index (χ2n) is 2.06. The van der Waals surface area contributed by atoms with Crippen molar-refractivity contribution in [1.29, 1.82) is 0 Å². The molecule has 0 unspecified atom stereocenters. The van der Waals surface area contributed by atoms with Gasteiger partial charge in [-0.05, 0) is 0 Å². The number of hydrogen-bond donors (Lipinski definition) is 1. The van der Waals surface area contributed by atoms with Crippen molar-refractivity contribution in [2.75, 3.05) is 20.1 Å². The van der Waals surface area contributed by atoms with Gasteiger partial charge in [0, 0.05) is 7.05 Å². The first-order chi connectivity index (χ1) is 4.24. The first kappa shape index (κ1) is 6.32. The Bertz CT molecular complexity index is 122. The van der Waals surface area contributed by atoms with Crippen molar-refractivity contribution >= 4 is 6.03 Å². The Morgan fingerprint density at radius 2 is 2.33 bits per heavy atom. The van der Waals surface area contributed by atoms with Crippen LogP contribution >= 0.6 is 0 Å². The van der Waals surface area contributed by atoms with Crippen molar-refractivity contribution < 1.29 is 9.18 Å². The molecule has 1 saturated heterocycles. The minimum absolute atomic E-state index is 0.191. The van der Waals surface area contributed by atoms with E-state index in [2.05, 4.69) is 5.32 Å². The summed E-state index contributed by atoms with van der Waals surface area (Å²) in [7, 11) is 1.54. The predicted molar refractivity (Wildman–Crippen MR) is 30.9 cm³/mol. The lowest BCUT2D eigenvalue weighted by Crippen LogP contribution is -2.54. The van der Waals surface area contributed by atoms with Crippen molar-refractivity contribution in [3.63, 3.8) is 0 Å². The maximum atomic E-state index is 12.0. The van der Waals surface area contributed by atoms with Crippen molar-refractivity contribution in [3.8, 4) is 0 Å². The first-order valence-corrected chi connectivity index (χ1v) is 2.84. The number of rotatable bonds is 0. The highest BCUT2D eigenvalue weighted by Crippen LogP contribution is 2.09. The van der Waals surface area contributed by atoms with E-state index in [1.807, 2.05) is 0 Å². The number of carbonyl (C=O) groups excluding carboxylic acids is 1. The standard InChI is InChI=1S/C5H9FN2O/c1-7-5(9)8-2-4(6)3-8/h4H,2-3H2,1H3,(H,7,9). The van der Waals surface area contributed by atoms with Crippen molar-refractivity contribution in [2.45, 2.75) is 6.17 Å². The number of amides is 2. The van der Waals surface area contributed by atoms with E-state index >= 15 is 0 Å². The Kier molecular flexibility index (Phi) is 1.55. The third kappa shape index (κ3) is 1.12. The fourth-order valence-electron chi connectivity index (χ4n) is 0.749. The zero-order chi connectivity index (χ0) is 6.85. The molecule has 1 aliphatic rings. The number of carbonyl (C=O) groups is 1. The average Bonchev–Trinajstić information content (AvgIpc) is 1.79. The Morgan fingerprint density at radius 1 is 1.78 bits per heavy atom. The highest BCUT2D eigenvalue weighted by Gasteiger charge is 2.29. The number of urea groups is 1. The van der Waals surface area contributed by atoms with Gasteiger partial charge in [-0.2, -0.15) is 0 Å². The highest BCUT2D eigenvalue weighted by molar-refractivity contribution is 5.74. The van der Waals surface area contributed by atoms with E-state index in [9.17, 15) is 9.18 Å². The molecule has 1 heterocycles. The van der Waals surface area contributed by atoms with Crippen molar-refractivity contribution in [1.82, 2.24) is 10.2 Å². The van der Waals surface area contributed by atoms with Gasteiger partial charge in [-0.15, -0.1) is 0 Å². The highest BCUT2D eigenvalue weighted by atomic mass is 19.1. The third-order valence-electron chi connectivity index (χ3n) is 1.34. The summed E-state index contributed by atoms with van der Waals surface area (Å²) in [5.74, 6) is 0. The second kappa shape index (κ2) is 2.21.